The highest BCUT2D eigenvalue weighted by atomic mass is 16.2. The molecule has 4 heterocycles. The molecular weight excluding hydrogens is 1030 g/mol. The summed E-state index contributed by atoms with van der Waals surface area (Å²) in [6, 6.07) is 42.7. The maximum Gasteiger partial charge on any atom is 0.261 e. The molecular formula is C76H80N4O4. The molecule has 0 radical (unpaired) electrons. The Bertz CT molecular complexity index is 4100. The molecule has 0 fully saturated rings. The Kier molecular flexibility index (Phi) is 15.6. The number of rotatable bonds is 26. The van der Waals surface area contributed by atoms with Crippen molar-refractivity contribution >= 4 is 110 Å². The van der Waals surface area contributed by atoms with E-state index in [1.807, 2.05) is 12.1 Å². The summed E-state index contributed by atoms with van der Waals surface area (Å²) in [7, 11) is 0. The number of unbranched alkanes of at least 4 members (excludes halogenated alkanes) is 18. The van der Waals surface area contributed by atoms with E-state index >= 15 is 19.2 Å². The average Bonchev–Trinajstić information content (AvgIpc) is 0.905. The van der Waals surface area contributed by atoms with Gasteiger partial charge in [-0.15, -0.1) is 0 Å². The topological polar surface area (TPSA) is 84.6 Å². The predicted molar refractivity (Wildman–Crippen MR) is 350 cm³/mol. The van der Waals surface area contributed by atoms with E-state index in [1.54, 1.807) is 0 Å². The Morgan fingerprint density at radius 1 is 0.274 bits per heavy atom. The van der Waals surface area contributed by atoms with Gasteiger partial charge in [-0.3, -0.25) is 29.0 Å². The quantitative estimate of drug-likeness (QED) is 0.0234. The number of benzene rings is 9. The summed E-state index contributed by atoms with van der Waals surface area (Å²) in [6.07, 6.45) is 23.2. The summed E-state index contributed by atoms with van der Waals surface area (Å²) in [5, 5.41) is 11.2. The first-order valence-electron chi connectivity index (χ1n) is 32.3. The Labute approximate surface area is 494 Å². The first-order chi connectivity index (χ1) is 41.3. The van der Waals surface area contributed by atoms with E-state index < -0.39 is 0 Å². The van der Waals surface area contributed by atoms with Crippen molar-refractivity contribution in [3.8, 4) is 22.3 Å². The minimum absolute atomic E-state index is 0.254. The summed E-state index contributed by atoms with van der Waals surface area (Å²) in [5.41, 5.74) is 10.4. The molecule has 0 unspecified atom stereocenters. The highest BCUT2D eigenvalue weighted by Crippen LogP contribution is 2.53. The van der Waals surface area contributed by atoms with Gasteiger partial charge in [-0.1, -0.05) is 190 Å². The number of fused-ring (bicyclic) bond motifs is 8. The van der Waals surface area contributed by atoms with Gasteiger partial charge in [0.15, 0.2) is 0 Å². The van der Waals surface area contributed by atoms with Crippen LogP contribution in [0.2, 0.25) is 0 Å². The van der Waals surface area contributed by atoms with Gasteiger partial charge in [-0.2, -0.15) is 0 Å². The van der Waals surface area contributed by atoms with Crippen molar-refractivity contribution in [2.75, 3.05) is 13.1 Å². The fourth-order valence-corrected chi connectivity index (χ4v) is 15.1. The SMILES string of the molecule is CCCCCCCCCCCCN1C(=O)c2ccc3c4c(-c5ccc6c(c5)c5ccccc5n6CC)cc5c6c(ccc(c7c(-c8ccc9c(c8)c8ccccc8n9CC)cc(c2c37)C1=O)c64)C(=O)N(CCCCCCCCCCCC)C5=O. The van der Waals surface area contributed by atoms with Crippen molar-refractivity contribution < 1.29 is 19.2 Å². The zero-order chi connectivity index (χ0) is 57.6. The van der Waals surface area contributed by atoms with Crippen LogP contribution in [-0.4, -0.2) is 55.7 Å². The molecule has 8 heteroatoms. The molecule has 0 saturated carbocycles. The fraction of sp³-hybridized carbons (Fsp3) is 0.368. The number of carbonyl (C=O) groups is 4. The number of para-hydroxylation sites is 2. The molecule has 13 rings (SSSR count). The van der Waals surface area contributed by atoms with Crippen LogP contribution in [0.5, 0.6) is 0 Å². The van der Waals surface area contributed by atoms with Gasteiger partial charge in [0, 0.05) is 103 Å². The fourth-order valence-electron chi connectivity index (χ4n) is 15.1. The van der Waals surface area contributed by atoms with Crippen molar-refractivity contribution in [1.29, 1.82) is 0 Å². The number of hydrogen-bond donors (Lipinski definition) is 0. The van der Waals surface area contributed by atoms with Crippen LogP contribution < -0.4 is 0 Å². The summed E-state index contributed by atoms with van der Waals surface area (Å²) in [5.74, 6) is -1.03. The molecule has 0 aliphatic carbocycles. The van der Waals surface area contributed by atoms with Crippen molar-refractivity contribution in [3.05, 3.63) is 144 Å². The van der Waals surface area contributed by atoms with Gasteiger partial charge in [-0.05, 0) is 142 Å². The van der Waals surface area contributed by atoms with E-state index in [4.69, 9.17) is 0 Å². The molecule has 0 saturated heterocycles. The van der Waals surface area contributed by atoms with E-state index in [0.717, 1.165) is 139 Å². The minimum atomic E-state index is -0.259. The third-order valence-electron chi connectivity index (χ3n) is 19.3. The molecule has 84 heavy (non-hydrogen) atoms. The van der Waals surface area contributed by atoms with Crippen LogP contribution in [0, 0.1) is 0 Å². The molecule has 0 spiro atoms. The predicted octanol–water partition coefficient (Wildman–Crippen LogP) is 20.4. The zero-order valence-corrected chi connectivity index (χ0v) is 49.9. The van der Waals surface area contributed by atoms with E-state index in [2.05, 4.69) is 146 Å². The second-order valence-corrected chi connectivity index (χ2v) is 24.4. The lowest BCUT2D eigenvalue weighted by Gasteiger charge is -2.32. The van der Waals surface area contributed by atoms with E-state index in [0.29, 0.717) is 46.1 Å². The summed E-state index contributed by atoms with van der Waals surface area (Å²) in [4.78, 5) is 64.2. The number of carbonyl (C=O) groups excluding carboxylic acids is 4. The number of amides is 4. The smallest absolute Gasteiger partial charge is 0.261 e. The van der Waals surface area contributed by atoms with Crippen molar-refractivity contribution in [2.24, 2.45) is 0 Å². The van der Waals surface area contributed by atoms with Crippen LogP contribution in [0.15, 0.2) is 121 Å². The molecule has 4 amide bonds. The molecule has 2 aromatic heterocycles. The van der Waals surface area contributed by atoms with E-state index in [-0.39, 0.29) is 23.6 Å². The number of nitrogens with zero attached hydrogens (tertiary/aromatic N) is 4. The van der Waals surface area contributed by atoms with Gasteiger partial charge in [0.25, 0.3) is 23.6 Å². The molecule has 11 aromatic rings. The van der Waals surface area contributed by atoms with Crippen LogP contribution >= 0.6 is 0 Å². The van der Waals surface area contributed by atoms with Gasteiger partial charge in [0.1, 0.15) is 0 Å². The van der Waals surface area contributed by atoms with Gasteiger partial charge in [0.2, 0.25) is 0 Å². The first kappa shape index (κ1) is 55.4. The number of hydrogen-bond acceptors (Lipinski definition) is 4. The van der Waals surface area contributed by atoms with Crippen molar-refractivity contribution in [1.82, 2.24) is 18.9 Å². The van der Waals surface area contributed by atoms with E-state index in [1.165, 1.54) is 111 Å². The van der Waals surface area contributed by atoms with Gasteiger partial charge < -0.3 is 9.13 Å². The molecule has 0 N–H and O–H groups in total. The Hall–Kier alpha value is -7.84. The van der Waals surface area contributed by atoms with Gasteiger partial charge in [-0.25, -0.2) is 0 Å². The highest BCUT2D eigenvalue weighted by molar-refractivity contribution is 6.44. The summed E-state index contributed by atoms with van der Waals surface area (Å²) >= 11 is 0. The second-order valence-electron chi connectivity index (χ2n) is 24.4. The summed E-state index contributed by atoms with van der Waals surface area (Å²) in [6.45, 7) is 11.2. The molecule has 0 bridgehead atoms. The maximum atomic E-state index is 15.5. The van der Waals surface area contributed by atoms with E-state index in [9.17, 15) is 0 Å². The van der Waals surface area contributed by atoms with Crippen LogP contribution in [-0.2, 0) is 13.1 Å². The third-order valence-corrected chi connectivity index (χ3v) is 19.3. The lowest BCUT2D eigenvalue weighted by atomic mass is 9.77. The molecule has 2 aliphatic rings. The average molecular weight is 1110 g/mol. The Morgan fingerprint density at radius 2 is 0.619 bits per heavy atom. The van der Waals surface area contributed by atoms with Crippen LogP contribution in [0.4, 0.5) is 0 Å². The van der Waals surface area contributed by atoms with Crippen LogP contribution in [0.1, 0.15) is 198 Å². The van der Waals surface area contributed by atoms with Crippen molar-refractivity contribution in [2.45, 2.75) is 169 Å². The van der Waals surface area contributed by atoms with Crippen LogP contribution in [0.3, 0.4) is 0 Å². The molecule has 8 nitrogen and oxygen atoms in total. The van der Waals surface area contributed by atoms with Crippen molar-refractivity contribution in [3.63, 3.8) is 0 Å². The Morgan fingerprint density at radius 3 is 1.00 bits per heavy atom. The maximum absolute atomic E-state index is 15.5. The number of aromatic nitrogens is 2. The zero-order valence-electron chi connectivity index (χ0n) is 49.9. The van der Waals surface area contributed by atoms with Gasteiger partial charge >= 0.3 is 0 Å². The highest BCUT2D eigenvalue weighted by Gasteiger charge is 2.39. The second kappa shape index (κ2) is 23.7. The molecule has 428 valence electrons. The standard InChI is InChI=1S/C76H80N4O4/c1-5-9-11-13-15-17-19-21-23-29-43-79-73(81)55-39-37-53-68-58(50-36-42-66-60(46-50)52-32-26-28-34-64(52)78(66)8-4)48-62-70-56(74(82)80(76(62)84)44-30-24-22-20-18-16-14-12-10-6-2)40-38-54(72(68)70)67-57(47-61(75(79)83)69(55)71(53)67)49-35-41-65-59(45-49)51-31-25-27-33-63(51)77(65)7-3/h25-28,31-42,45-48H,5-24,29-30,43-44H2,1-4H3. The normalized spacial score (nSPS) is 13.7. The first-order valence-corrected chi connectivity index (χ1v) is 32.3. The third kappa shape index (κ3) is 9.34. The van der Waals surface area contributed by atoms with Crippen LogP contribution in [0.25, 0.3) is 109 Å². The minimum Gasteiger partial charge on any atom is -0.341 e. The molecule has 0 atom stereocenters. The number of aryl methyl sites for hydroxylation is 2. The molecule has 9 aromatic carbocycles. The summed E-state index contributed by atoms with van der Waals surface area (Å²) < 4.78 is 4.72. The lowest BCUT2D eigenvalue weighted by Crippen LogP contribution is -2.41. The number of imide groups is 2. The largest absolute Gasteiger partial charge is 0.341 e. The van der Waals surface area contributed by atoms with Gasteiger partial charge in [0.05, 0.1) is 0 Å². The lowest BCUT2D eigenvalue weighted by molar-refractivity contribution is 0.0592. The molecule has 2 aliphatic heterocycles. The Balaban J connectivity index is 1.00. The monoisotopic (exact) mass is 1110 g/mol.